The fraction of sp³-hybridized carbons (Fsp3) is 0.267. The third-order valence-corrected chi connectivity index (χ3v) is 2.94. The fourth-order valence-corrected chi connectivity index (χ4v) is 1.79. The number of aliphatic hydroxyl groups is 2. The second-order valence-electron chi connectivity index (χ2n) is 4.70. The minimum atomic E-state index is -1.36. The van der Waals surface area contributed by atoms with Gasteiger partial charge in [-0.05, 0) is 31.2 Å². The van der Waals surface area contributed by atoms with Gasteiger partial charge < -0.3 is 19.4 Å². The zero-order valence-electron chi connectivity index (χ0n) is 11.3. The van der Waals surface area contributed by atoms with E-state index in [9.17, 15) is 9.90 Å². The molecule has 2 N–H and O–H groups in total. The van der Waals surface area contributed by atoms with Crippen molar-refractivity contribution < 1.29 is 19.4 Å². The molecule has 2 rings (SSSR count). The van der Waals surface area contributed by atoms with Crippen LogP contribution in [0.1, 0.15) is 12.5 Å². The van der Waals surface area contributed by atoms with E-state index in [-0.39, 0.29) is 0 Å². The van der Waals surface area contributed by atoms with Gasteiger partial charge in [0.15, 0.2) is 0 Å². The van der Waals surface area contributed by atoms with Gasteiger partial charge in [-0.2, -0.15) is 0 Å². The van der Waals surface area contributed by atoms with Crippen LogP contribution in [-0.4, -0.2) is 29.5 Å². The molecule has 0 amide bonds. The molecule has 2 aromatic rings. The summed E-state index contributed by atoms with van der Waals surface area (Å²) in [5.74, 6) is 0.511. The van der Waals surface area contributed by atoms with E-state index < -0.39 is 17.8 Å². The Morgan fingerprint density at radius 2 is 2.05 bits per heavy atom. The van der Waals surface area contributed by atoms with Gasteiger partial charge in [0.05, 0.1) is 19.3 Å². The summed E-state index contributed by atoms with van der Waals surface area (Å²) >= 11 is 0. The van der Waals surface area contributed by atoms with Gasteiger partial charge in [-0.1, -0.05) is 6.08 Å². The first-order chi connectivity index (χ1) is 9.46. The molecule has 1 aromatic heterocycles. The van der Waals surface area contributed by atoms with Gasteiger partial charge in [-0.25, -0.2) is 4.79 Å². The zero-order valence-corrected chi connectivity index (χ0v) is 11.3. The SMILES string of the molecule is COc1ccc2ccc(=O)oc2c1/C=C/[C@](C)(O)CO. The zero-order chi connectivity index (χ0) is 14.8. The smallest absolute Gasteiger partial charge is 0.336 e. The van der Waals surface area contributed by atoms with E-state index in [2.05, 4.69) is 0 Å². The van der Waals surface area contributed by atoms with Gasteiger partial charge >= 0.3 is 5.63 Å². The van der Waals surface area contributed by atoms with Crippen molar-refractivity contribution >= 4 is 17.0 Å². The van der Waals surface area contributed by atoms with E-state index >= 15 is 0 Å². The van der Waals surface area contributed by atoms with Crippen LogP contribution in [0.4, 0.5) is 0 Å². The van der Waals surface area contributed by atoms with Crippen LogP contribution in [-0.2, 0) is 0 Å². The van der Waals surface area contributed by atoms with Crippen molar-refractivity contribution in [3.05, 3.63) is 46.3 Å². The molecule has 5 nitrogen and oxygen atoms in total. The minimum absolute atomic E-state index is 0.377. The van der Waals surface area contributed by atoms with Gasteiger partial charge in [0.25, 0.3) is 0 Å². The van der Waals surface area contributed by atoms with E-state index in [0.717, 1.165) is 5.39 Å². The molecule has 0 spiro atoms. The van der Waals surface area contributed by atoms with Crippen molar-refractivity contribution in [2.24, 2.45) is 0 Å². The number of aliphatic hydroxyl groups excluding tert-OH is 1. The molecule has 0 saturated heterocycles. The highest BCUT2D eigenvalue weighted by atomic mass is 16.5. The Morgan fingerprint density at radius 3 is 2.70 bits per heavy atom. The monoisotopic (exact) mass is 276 g/mol. The molecule has 0 aliphatic carbocycles. The van der Waals surface area contributed by atoms with E-state index in [1.165, 1.54) is 26.2 Å². The lowest BCUT2D eigenvalue weighted by Crippen LogP contribution is -2.25. The average Bonchev–Trinajstić information content (AvgIpc) is 2.44. The Kier molecular flexibility index (Phi) is 3.92. The Hall–Kier alpha value is -2.11. The van der Waals surface area contributed by atoms with Crippen LogP contribution in [0.15, 0.2) is 39.6 Å². The molecule has 0 bridgehead atoms. The number of fused-ring (bicyclic) bond motifs is 1. The lowest BCUT2D eigenvalue weighted by atomic mass is 10.0. The molecule has 0 aliphatic rings. The van der Waals surface area contributed by atoms with Crippen LogP contribution in [0, 0.1) is 0 Å². The molecule has 20 heavy (non-hydrogen) atoms. The molecule has 0 fully saturated rings. The highest BCUT2D eigenvalue weighted by Crippen LogP contribution is 2.29. The molecule has 0 radical (unpaired) electrons. The van der Waals surface area contributed by atoms with E-state index in [0.29, 0.717) is 16.9 Å². The molecule has 5 heteroatoms. The summed E-state index contributed by atoms with van der Waals surface area (Å²) in [6, 6.07) is 6.52. The van der Waals surface area contributed by atoms with Crippen molar-refractivity contribution in [2.75, 3.05) is 13.7 Å². The third-order valence-electron chi connectivity index (χ3n) is 2.94. The van der Waals surface area contributed by atoms with Crippen molar-refractivity contribution in [3.8, 4) is 5.75 Å². The molecule has 0 saturated carbocycles. The summed E-state index contributed by atoms with van der Waals surface area (Å²) < 4.78 is 10.4. The van der Waals surface area contributed by atoms with Gasteiger partial charge in [-0.3, -0.25) is 0 Å². The number of methoxy groups -OCH3 is 1. The third kappa shape index (κ3) is 2.89. The Morgan fingerprint density at radius 1 is 1.35 bits per heavy atom. The lowest BCUT2D eigenvalue weighted by Gasteiger charge is -2.15. The van der Waals surface area contributed by atoms with Crippen molar-refractivity contribution in [2.45, 2.75) is 12.5 Å². The Labute approximate surface area is 115 Å². The van der Waals surface area contributed by atoms with Crippen LogP contribution in [0.5, 0.6) is 5.75 Å². The van der Waals surface area contributed by atoms with Crippen LogP contribution in [0.3, 0.4) is 0 Å². The molecule has 1 atom stereocenters. The molecule has 106 valence electrons. The summed E-state index contributed by atoms with van der Waals surface area (Å²) in [6.07, 6.45) is 3.00. The van der Waals surface area contributed by atoms with Crippen molar-refractivity contribution in [1.82, 2.24) is 0 Å². The maximum atomic E-state index is 11.4. The molecular weight excluding hydrogens is 260 g/mol. The van der Waals surface area contributed by atoms with Gasteiger partial charge in [-0.15, -0.1) is 0 Å². The van der Waals surface area contributed by atoms with Crippen LogP contribution in [0.25, 0.3) is 17.0 Å². The molecular formula is C15H16O5. The highest BCUT2D eigenvalue weighted by Gasteiger charge is 2.15. The Balaban J connectivity index is 2.65. The number of benzene rings is 1. The number of rotatable bonds is 4. The summed E-state index contributed by atoms with van der Waals surface area (Å²) in [5.41, 5.74) is -0.907. The van der Waals surface area contributed by atoms with Crippen molar-refractivity contribution in [1.29, 1.82) is 0 Å². The second-order valence-corrected chi connectivity index (χ2v) is 4.70. The maximum absolute atomic E-state index is 11.4. The number of hydrogen-bond acceptors (Lipinski definition) is 5. The first-order valence-corrected chi connectivity index (χ1v) is 6.10. The lowest BCUT2D eigenvalue weighted by molar-refractivity contribution is 0.0442. The number of ether oxygens (including phenoxy) is 1. The van der Waals surface area contributed by atoms with E-state index in [4.69, 9.17) is 14.3 Å². The van der Waals surface area contributed by atoms with Gasteiger partial charge in [0.1, 0.15) is 16.9 Å². The fourth-order valence-electron chi connectivity index (χ4n) is 1.79. The largest absolute Gasteiger partial charge is 0.496 e. The Bertz CT molecular complexity index is 697. The number of hydrogen-bond donors (Lipinski definition) is 2. The predicted octanol–water partition coefficient (Wildman–Crippen LogP) is 1.56. The summed E-state index contributed by atoms with van der Waals surface area (Å²) in [6.45, 7) is 1.05. The van der Waals surface area contributed by atoms with Crippen LogP contribution in [0.2, 0.25) is 0 Å². The highest BCUT2D eigenvalue weighted by molar-refractivity contribution is 5.88. The summed E-state index contributed by atoms with van der Waals surface area (Å²) in [4.78, 5) is 11.4. The predicted molar refractivity (Wildman–Crippen MR) is 75.8 cm³/mol. The second kappa shape index (κ2) is 5.48. The van der Waals surface area contributed by atoms with Crippen molar-refractivity contribution in [3.63, 3.8) is 0 Å². The maximum Gasteiger partial charge on any atom is 0.336 e. The molecule has 0 unspecified atom stereocenters. The normalized spacial score (nSPS) is 14.6. The van der Waals surface area contributed by atoms with E-state index in [1.807, 2.05) is 0 Å². The van der Waals surface area contributed by atoms with Gasteiger partial charge in [0, 0.05) is 11.5 Å². The van der Waals surface area contributed by atoms with Crippen LogP contribution < -0.4 is 10.4 Å². The quantitative estimate of drug-likeness (QED) is 0.828. The van der Waals surface area contributed by atoms with Gasteiger partial charge in [0.2, 0.25) is 0 Å². The molecule has 1 heterocycles. The first kappa shape index (κ1) is 14.3. The van der Waals surface area contributed by atoms with E-state index in [1.54, 1.807) is 24.3 Å². The topological polar surface area (TPSA) is 79.9 Å². The standard InChI is InChI=1S/C15H16O5/c1-15(18,9-16)8-7-11-12(19-2)5-3-10-4-6-13(17)20-14(10)11/h3-8,16,18H,9H2,1-2H3/b8-7+/t15-/m0/s1. The first-order valence-electron chi connectivity index (χ1n) is 6.10. The minimum Gasteiger partial charge on any atom is -0.496 e. The summed E-state index contributed by atoms with van der Waals surface area (Å²) in [7, 11) is 1.50. The van der Waals surface area contributed by atoms with Crippen LogP contribution >= 0.6 is 0 Å². The molecule has 1 aromatic carbocycles. The average molecular weight is 276 g/mol. The molecule has 0 aliphatic heterocycles. The summed E-state index contributed by atoms with van der Waals surface area (Å²) in [5, 5.41) is 19.6.